The van der Waals surface area contributed by atoms with E-state index in [1.807, 2.05) is 6.92 Å². The number of anilines is 1. The summed E-state index contributed by atoms with van der Waals surface area (Å²) in [6, 6.07) is 5.88. The second kappa shape index (κ2) is 10.9. The molecule has 1 aromatic carbocycles. The van der Waals surface area contributed by atoms with Crippen LogP contribution in [0.15, 0.2) is 46.8 Å². The largest absolute Gasteiger partial charge is 0.387 e. The molecular formula is C19H22N6O5S2. The van der Waals surface area contributed by atoms with E-state index >= 15 is 0 Å². The number of aromatic amines is 1. The Morgan fingerprint density at radius 2 is 2.03 bits per heavy atom. The first-order valence-corrected chi connectivity index (χ1v) is 12.0. The molecule has 0 aliphatic heterocycles. The number of rotatable bonds is 11. The summed E-state index contributed by atoms with van der Waals surface area (Å²) in [4.78, 5) is 27.2. The molecule has 170 valence electrons. The molecule has 0 unspecified atom stereocenters. The Kier molecular flexibility index (Phi) is 8.03. The van der Waals surface area contributed by atoms with Crippen molar-refractivity contribution in [2.24, 2.45) is 5.16 Å². The molecule has 2 aromatic heterocycles. The molecule has 2 heterocycles. The van der Waals surface area contributed by atoms with Crippen molar-refractivity contribution in [3.63, 3.8) is 0 Å². The number of methoxy groups -OCH3 is 1. The maximum atomic E-state index is 12.8. The minimum Gasteiger partial charge on any atom is -0.387 e. The molecule has 0 aliphatic carbocycles. The van der Waals surface area contributed by atoms with Gasteiger partial charge < -0.3 is 9.57 Å². The minimum absolute atomic E-state index is 0.0287. The van der Waals surface area contributed by atoms with E-state index in [9.17, 15) is 13.2 Å². The Morgan fingerprint density at radius 3 is 2.66 bits per heavy atom. The summed E-state index contributed by atoms with van der Waals surface area (Å²) in [5.74, 6) is -0.153. The number of nitrogens with one attached hydrogen (secondary N) is 2. The second-order valence-electron chi connectivity index (χ2n) is 6.57. The van der Waals surface area contributed by atoms with E-state index in [4.69, 9.17) is 9.57 Å². The van der Waals surface area contributed by atoms with Crippen molar-refractivity contribution < 1.29 is 22.8 Å². The number of aryl methyl sites for hydroxylation is 1. The standard InChI is InChI=1S/C19H22N6O5S2/c1-13-10-20-19(31-13)23-18(26)17(25-30-11-16-21-12-22-24-16)14-4-6-15(7-5-14)32(27,28)9-3-8-29-2/h4-7,10,12H,3,8-9,11H2,1-2H3,(H,20,23,26)(H,21,22,24). The van der Waals surface area contributed by atoms with Gasteiger partial charge in [0.05, 0.1) is 10.6 Å². The molecule has 0 atom stereocenters. The van der Waals surface area contributed by atoms with Crippen LogP contribution in [-0.4, -0.2) is 59.7 Å². The van der Waals surface area contributed by atoms with Crippen molar-refractivity contribution in [1.82, 2.24) is 20.2 Å². The van der Waals surface area contributed by atoms with Crippen LogP contribution < -0.4 is 5.32 Å². The van der Waals surface area contributed by atoms with Gasteiger partial charge in [0.2, 0.25) is 0 Å². The Hall–Kier alpha value is -3.16. The van der Waals surface area contributed by atoms with Gasteiger partial charge in [0, 0.05) is 30.4 Å². The van der Waals surface area contributed by atoms with Gasteiger partial charge in [-0.3, -0.25) is 15.2 Å². The number of hydrogen-bond donors (Lipinski definition) is 2. The maximum Gasteiger partial charge on any atom is 0.280 e. The van der Waals surface area contributed by atoms with Crippen LogP contribution in [0.25, 0.3) is 0 Å². The third-order valence-electron chi connectivity index (χ3n) is 4.13. The molecule has 0 aliphatic rings. The smallest absolute Gasteiger partial charge is 0.280 e. The number of amides is 1. The van der Waals surface area contributed by atoms with E-state index in [-0.39, 0.29) is 23.0 Å². The van der Waals surface area contributed by atoms with Crippen LogP contribution in [-0.2, 0) is 30.8 Å². The van der Waals surface area contributed by atoms with E-state index in [1.165, 1.54) is 49.0 Å². The molecule has 0 fully saturated rings. The Labute approximate surface area is 188 Å². The van der Waals surface area contributed by atoms with Crippen LogP contribution in [0.5, 0.6) is 0 Å². The van der Waals surface area contributed by atoms with E-state index in [1.54, 1.807) is 6.20 Å². The molecule has 0 bridgehead atoms. The van der Waals surface area contributed by atoms with Crippen molar-refractivity contribution in [3.05, 3.63) is 53.1 Å². The SMILES string of the molecule is COCCCS(=O)(=O)c1ccc(C(=NOCc2ncn[nH]2)C(=O)Nc2ncc(C)s2)cc1. The van der Waals surface area contributed by atoms with Crippen molar-refractivity contribution in [1.29, 1.82) is 0 Å². The molecule has 3 aromatic rings. The number of aromatic nitrogens is 4. The minimum atomic E-state index is -3.47. The van der Waals surface area contributed by atoms with Gasteiger partial charge in [-0.1, -0.05) is 17.3 Å². The lowest BCUT2D eigenvalue weighted by molar-refractivity contribution is -0.110. The number of nitrogens with zero attached hydrogens (tertiary/aromatic N) is 4. The molecule has 32 heavy (non-hydrogen) atoms. The predicted molar refractivity (Wildman–Crippen MR) is 118 cm³/mol. The van der Waals surface area contributed by atoms with E-state index in [0.29, 0.717) is 29.5 Å². The number of ether oxygens (including phenoxy) is 1. The summed E-state index contributed by atoms with van der Waals surface area (Å²) in [5, 5.41) is 13.4. The summed E-state index contributed by atoms with van der Waals surface area (Å²) >= 11 is 1.31. The molecule has 0 radical (unpaired) electrons. The normalized spacial score (nSPS) is 12.0. The van der Waals surface area contributed by atoms with Gasteiger partial charge in [-0.25, -0.2) is 18.4 Å². The predicted octanol–water partition coefficient (Wildman–Crippen LogP) is 1.94. The molecule has 3 rings (SSSR count). The number of H-pyrrole nitrogens is 1. The van der Waals surface area contributed by atoms with Crippen molar-refractivity contribution in [3.8, 4) is 0 Å². The van der Waals surface area contributed by atoms with Gasteiger partial charge in [0.15, 0.2) is 33.1 Å². The van der Waals surface area contributed by atoms with Crippen LogP contribution in [0, 0.1) is 6.92 Å². The topological polar surface area (TPSA) is 149 Å². The number of sulfone groups is 1. The Bertz CT molecular complexity index is 1160. The summed E-state index contributed by atoms with van der Waals surface area (Å²) in [6.07, 6.45) is 3.35. The lowest BCUT2D eigenvalue weighted by atomic mass is 10.1. The second-order valence-corrected chi connectivity index (χ2v) is 9.91. The maximum absolute atomic E-state index is 12.8. The number of hydrogen-bond acceptors (Lipinski definition) is 10. The highest BCUT2D eigenvalue weighted by atomic mass is 32.2. The lowest BCUT2D eigenvalue weighted by Gasteiger charge is -2.08. The zero-order valence-corrected chi connectivity index (χ0v) is 19.1. The molecule has 11 nitrogen and oxygen atoms in total. The number of thiazole rings is 1. The van der Waals surface area contributed by atoms with Crippen LogP contribution in [0.3, 0.4) is 0 Å². The van der Waals surface area contributed by atoms with Crippen LogP contribution in [0.4, 0.5) is 5.13 Å². The fraction of sp³-hybridized carbons (Fsp3) is 0.316. The fourth-order valence-corrected chi connectivity index (χ4v) is 4.53. The van der Waals surface area contributed by atoms with Crippen molar-refractivity contribution >= 4 is 37.9 Å². The van der Waals surface area contributed by atoms with Gasteiger partial charge >= 0.3 is 0 Å². The lowest BCUT2D eigenvalue weighted by Crippen LogP contribution is -2.24. The van der Waals surface area contributed by atoms with E-state index in [0.717, 1.165) is 4.88 Å². The third kappa shape index (κ3) is 6.42. The summed E-state index contributed by atoms with van der Waals surface area (Å²) in [6.45, 7) is 2.20. The molecular weight excluding hydrogens is 456 g/mol. The van der Waals surface area contributed by atoms with Crippen LogP contribution in [0.2, 0.25) is 0 Å². The van der Waals surface area contributed by atoms with Crippen LogP contribution in [0.1, 0.15) is 22.7 Å². The average Bonchev–Trinajstić information content (AvgIpc) is 3.43. The molecule has 0 saturated heterocycles. The first kappa shape index (κ1) is 23.5. The highest BCUT2D eigenvalue weighted by Crippen LogP contribution is 2.18. The Morgan fingerprint density at radius 1 is 1.25 bits per heavy atom. The van der Waals surface area contributed by atoms with Gasteiger partial charge in [-0.15, -0.1) is 11.3 Å². The van der Waals surface area contributed by atoms with Gasteiger partial charge in [0.1, 0.15) is 6.33 Å². The van der Waals surface area contributed by atoms with Gasteiger partial charge in [-0.05, 0) is 25.5 Å². The zero-order chi connectivity index (χ0) is 23.0. The molecule has 13 heteroatoms. The summed E-state index contributed by atoms with van der Waals surface area (Å²) < 4.78 is 29.8. The van der Waals surface area contributed by atoms with Crippen molar-refractivity contribution in [2.75, 3.05) is 24.8 Å². The van der Waals surface area contributed by atoms with Crippen molar-refractivity contribution in [2.45, 2.75) is 24.8 Å². The molecule has 0 spiro atoms. The van der Waals surface area contributed by atoms with E-state index < -0.39 is 15.7 Å². The summed E-state index contributed by atoms with van der Waals surface area (Å²) in [7, 11) is -1.95. The monoisotopic (exact) mass is 478 g/mol. The number of carbonyl (C=O) groups excluding carboxylic acids is 1. The van der Waals surface area contributed by atoms with E-state index in [2.05, 4.69) is 30.6 Å². The number of carbonyl (C=O) groups is 1. The quantitative estimate of drug-likeness (QED) is 0.241. The first-order valence-electron chi connectivity index (χ1n) is 9.49. The average molecular weight is 479 g/mol. The first-order chi connectivity index (χ1) is 15.4. The highest BCUT2D eigenvalue weighted by Gasteiger charge is 2.19. The third-order valence-corrected chi connectivity index (χ3v) is 6.77. The molecule has 2 N–H and O–H groups in total. The summed E-state index contributed by atoms with van der Waals surface area (Å²) in [5.41, 5.74) is 0.338. The molecule has 1 amide bonds. The number of oxime groups is 1. The number of benzene rings is 1. The Balaban J connectivity index is 1.80. The van der Waals surface area contributed by atoms with Gasteiger partial charge in [-0.2, -0.15) is 5.10 Å². The van der Waals surface area contributed by atoms with Crippen LogP contribution >= 0.6 is 11.3 Å². The molecule has 0 saturated carbocycles. The van der Waals surface area contributed by atoms with Gasteiger partial charge in [0.25, 0.3) is 5.91 Å². The highest BCUT2D eigenvalue weighted by molar-refractivity contribution is 7.91. The zero-order valence-electron chi connectivity index (χ0n) is 17.4. The fourth-order valence-electron chi connectivity index (χ4n) is 2.58.